The van der Waals surface area contributed by atoms with Crippen LogP contribution in [0, 0.1) is 5.92 Å². The lowest BCUT2D eigenvalue weighted by molar-refractivity contribution is -0.126. The van der Waals surface area contributed by atoms with Gasteiger partial charge in [0.1, 0.15) is 11.8 Å². The molecule has 2 heterocycles. The summed E-state index contributed by atoms with van der Waals surface area (Å²) in [6.07, 6.45) is 8.45. The van der Waals surface area contributed by atoms with Gasteiger partial charge in [0.25, 0.3) is 0 Å². The molecule has 1 fully saturated rings. The monoisotopic (exact) mass is 338 g/mol. The maximum atomic E-state index is 12.6. The molecule has 132 valence electrons. The van der Waals surface area contributed by atoms with Gasteiger partial charge in [0.15, 0.2) is 0 Å². The van der Waals surface area contributed by atoms with Gasteiger partial charge in [-0.25, -0.2) is 0 Å². The van der Waals surface area contributed by atoms with Gasteiger partial charge >= 0.3 is 0 Å². The van der Waals surface area contributed by atoms with Gasteiger partial charge in [-0.2, -0.15) is 0 Å². The first-order valence-electron chi connectivity index (χ1n) is 9.48. The summed E-state index contributed by atoms with van der Waals surface area (Å²) in [7, 11) is 0. The third-order valence-corrected chi connectivity index (χ3v) is 5.62. The summed E-state index contributed by atoms with van der Waals surface area (Å²) in [5, 5.41) is 3.21. The minimum absolute atomic E-state index is 0.0474. The van der Waals surface area contributed by atoms with Crippen LogP contribution < -0.4 is 10.2 Å². The number of fused-ring (bicyclic) bond motifs is 1. The van der Waals surface area contributed by atoms with E-state index >= 15 is 0 Å². The number of hydrogen-bond acceptors (Lipinski definition) is 3. The fraction of sp³-hybridized carbons (Fsp3) is 0.476. The molecule has 1 atom stereocenters. The largest absolute Gasteiger partial charge is 0.467 e. The fourth-order valence-electron chi connectivity index (χ4n) is 4.24. The first-order valence-corrected chi connectivity index (χ1v) is 9.48. The van der Waals surface area contributed by atoms with Crippen LogP contribution in [-0.2, 0) is 11.2 Å². The molecule has 1 aliphatic carbocycles. The maximum absolute atomic E-state index is 12.6. The van der Waals surface area contributed by atoms with Gasteiger partial charge in [-0.3, -0.25) is 4.79 Å². The lowest BCUT2D eigenvalue weighted by atomic mass is 9.88. The van der Waals surface area contributed by atoms with E-state index in [0.717, 1.165) is 31.6 Å². The Kier molecular flexibility index (Phi) is 4.77. The average molecular weight is 338 g/mol. The first kappa shape index (κ1) is 16.2. The van der Waals surface area contributed by atoms with E-state index in [2.05, 4.69) is 34.5 Å². The second-order valence-electron chi connectivity index (χ2n) is 7.18. The zero-order valence-electron chi connectivity index (χ0n) is 14.6. The topological polar surface area (TPSA) is 45.5 Å². The number of carbonyl (C=O) groups is 1. The van der Waals surface area contributed by atoms with Crippen LogP contribution in [0.2, 0.25) is 0 Å². The van der Waals surface area contributed by atoms with Crippen molar-refractivity contribution in [1.82, 2.24) is 5.32 Å². The zero-order valence-corrected chi connectivity index (χ0v) is 14.6. The molecule has 1 N–H and O–H groups in total. The average Bonchev–Trinajstić information content (AvgIpc) is 3.33. The van der Waals surface area contributed by atoms with Crippen molar-refractivity contribution in [2.45, 2.75) is 44.6 Å². The Morgan fingerprint density at radius 2 is 2.00 bits per heavy atom. The minimum Gasteiger partial charge on any atom is -0.467 e. The van der Waals surface area contributed by atoms with Gasteiger partial charge in [0, 0.05) is 24.7 Å². The standard InChI is InChI=1S/C21H26N2O2/c24-21(17-8-2-1-3-9-17)22-15-19(20-11-6-14-25-20)23-13-12-16-7-4-5-10-18(16)23/h4-7,10-11,14,17,19H,1-3,8-9,12-13,15H2,(H,22,24)/t19-/m1/s1. The van der Waals surface area contributed by atoms with Crippen molar-refractivity contribution in [2.75, 3.05) is 18.0 Å². The smallest absolute Gasteiger partial charge is 0.223 e. The van der Waals surface area contributed by atoms with Crippen LogP contribution in [0.1, 0.15) is 49.5 Å². The summed E-state index contributed by atoms with van der Waals surface area (Å²) in [4.78, 5) is 14.9. The number of carbonyl (C=O) groups excluding carboxylic acids is 1. The normalized spacial score (nSPS) is 18.8. The molecule has 0 spiro atoms. The number of nitrogens with zero attached hydrogens (tertiary/aromatic N) is 1. The van der Waals surface area contributed by atoms with Crippen LogP contribution >= 0.6 is 0 Å². The molecular formula is C21H26N2O2. The summed E-state index contributed by atoms with van der Waals surface area (Å²) in [5.74, 6) is 1.32. The first-order chi connectivity index (χ1) is 12.3. The van der Waals surface area contributed by atoms with Crippen LogP contribution in [0.4, 0.5) is 5.69 Å². The van der Waals surface area contributed by atoms with E-state index in [4.69, 9.17) is 4.42 Å². The zero-order chi connectivity index (χ0) is 17.1. The van der Waals surface area contributed by atoms with E-state index in [0.29, 0.717) is 6.54 Å². The lowest BCUT2D eigenvalue weighted by Gasteiger charge is -2.30. The van der Waals surface area contributed by atoms with E-state index in [1.165, 1.54) is 30.5 Å². The number of para-hydroxylation sites is 1. The molecule has 0 bridgehead atoms. The molecule has 4 nitrogen and oxygen atoms in total. The van der Waals surface area contributed by atoms with Gasteiger partial charge in [-0.15, -0.1) is 0 Å². The van der Waals surface area contributed by atoms with Crippen molar-refractivity contribution in [2.24, 2.45) is 5.92 Å². The minimum atomic E-state index is 0.0474. The molecular weight excluding hydrogens is 312 g/mol. The van der Waals surface area contributed by atoms with Crippen LogP contribution in [0.3, 0.4) is 0 Å². The quantitative estimate of drug-likeness (QED) is 0.893. The van der Waals surface area contributed by atoms with Gasteiger partial charge < -0.3 is 14.6 Å². The van der Waals surface area contributed by atoms with Crippen molar-refractivity contribution < 1.29 is 9.21 Å². The lowest BCUT2D eigenvalue weighted by Crippen LogP contribution is -2.40. The second kappa shape index (κ2) is 7.34. The predicted octanol–water partition coefficient (Wildman–Crippen LogP) is 4.08. The predicted molar refractivity (Wildman–Crippen MR) is 98.5 cm³/mol. The molecule has 1 saturated carbocycles. The molecule has 1 amide bonds. The Bertz CT molecular complexity index is 704. The Balaban J connectivity index is 1.49. The van der Waals surface area contributed by atoms with Crippen molar-refractivity contribution in [3.8, 4) is 0 Å². The molecule has 2 aromatic rings. The number of benzene rings is 1. The van der Waals surface area contributed by atoms with Gasteiger partial charge in [-0.1, -0.05) is 37.5 Å². The summed E-state index contributed by atoms with van der Waals surface area (Å²) < 4.78 is 5.71. The van der Waals surface area contributed by atoms with Crippen LogP contribution in [0.5, 0.6) is 0 Å². The molecule has 1 aromatic carbocycles. The Hall–Kier alpha value is -2.23. The number of nitrogens with one attached hydrogen (secondary N) is 1. The highest BCUT2D eigenvalue weighted by molar-refractivity contribution is 5.78. The number of amides is 1. The third kappa shape index (κ3) is 3.44. The molecule has 1 aromatic heterocycles. The Labute approximate surface area is 149 Å². The van der Waals surface area contributed by atoms with Crippen molar-refractivity contribution in [1.29, 1.82) is 0 Å². The number of rotatable bonds is 5. The Morgan fingerprint density at radius 3 is 2.80 bits per heavy atom. The maximum Gasteiger partial charge on any atom is 0.223 e. The van der Waals surface area contributed by atoms with E-state index in [9.17, 15) is 4.79 Å². The van der Waals surface area contributed by atoms with Gasteiger partial charge in [0.2, 0.25) is 5.91 Å². The highest BCUT2D eigenvalue weighted by Crippen LogP contribution is 2.35. The number of anilines is 1. The molecule has 4 heteroatoms. The summed E-state index contributed by atoms with van der Waals surface area (Å²) in [6.45, 7) is 1.56. The molecule has 0 saturated heterocycles. The molecule has 25 heavy (non-hydrogen) atoms. The third-order valence-electron chi connectivity index (χ3n) is 5.62. The van der Waals surface area contributed by atoms with E-state index < -0.39 is 0 Å². The summed E-state index contributed by atoms with van der Waals surface area (Å²) in [6, 6.07) is 12.5. The highest BCUT2D eigenvalue weighted by Gasteiger charge is 2.30. The van der Waals surface area contributed by atoms with Crippen molar-refractivity contribution in [3.05, 3.63) is 54.0 Å². The van der Waals surface area contributed by atoms with Crippen LogP contribution in [0.25, 0.3) is 0 Å². The summed E-state index contributed by atoms with van der Waals surface area (Å²) in [5.41, 5.74) is 2.63. The second-order valence-corrected chi connectivity index (χ2v) is 7.18. The number of hydrogen-bond donors (Lipinski definition) is 1. The summed E-state index contributed by atoms with van der Waals surface area (Å²) >= 11 is 0. The van der Waals surface area contributed by atoms with E-state index in [1.807, 2.05) is 12.1 Å². The van der Waals surface area contributed by atoms with Crippen LogP contribution in [-0.4, -0.2) is 19.0 Å². The fourth-order valence-corrected chi connectivity index (χ4v) is 4.24. The molecule has 0 radical (unpaired) electrons. The van der Waals surface area contributed by atoms with E-state index in [-0.39, 0.29) is 17.9 Å². The SMILES string of the molecule is O=C(NC[C@H](c1ccco1)N1CCc2ccccc21)C1CCCCC1. The number of furan rings is 1. The van der Waals surface area contributed by atoms with Gasteiger partial charge in [0.05, 0.1) is 6.26 Å². The van der Waals surface area contributed by atoms with Crippen LogP contribution in [0.15, 0.2) is 47.1 Å². The Morgan fingerprint density at radius 1 is 1.16 bits per heavy atom. The van der Waals surface area contributed by atoms with E-state index in [1.54, 1.807) is 6.26 Å². The van der Waals surface area contributed by atoms with Gasteiger partial charge in [-0.05, 0) is 43.0 Å². The molecule has 1 aliphatic heterocycles. The van der Waals surface area contributed by atoms with Crippen molar-refractivity contribution in [3.63, 3.8) is 0 Å². The van der Waals surface area contributed by atoms with Crippen molar-refractivity contribution >= 4 is 11.6 Å². The highest BCUT2D eigenvalue weighted by atomic mass is 16.3. The molecule has 4 rings (SSSR count). The molecule has 2 aliphatic rings. The molecule has 0 unspecified atom stereocenters.